The number of fused-ring (bicyclic) bond motifs is 1. The Balaban J connectivity index is 1.75. The molecule has 1 saturated heterocycles. The van der Waals surface area contributed by atoms with E-state index >= 15 is 0 Å². The number of hydrogen-bond donors (Lipinski definition) is 1. The molecule has 2 saturated carbocycles. The molecule has 10 heteroatoms. The summed E-state index contributed by atoms with van der Waals surface area (Å²) in [5, 5.41) is -0.894. The molecule has 1 N–H and O–H groups in total. The zero-order valence-electron chi connectivity index (χ0n) is 11.2. The third kappa shape index (κ3) is 2.37. The summed E-state index contributed by atoms with van der Waals surface area (Å²) in [6.07, 6.45) is 0.154. The van der Waals surface area contributed by atoms with Crippen LogP contribution in [0.2, 0.25) is 0 Å². The molecule has 0 aromatic heterocycles. The average molecular weight is 340 g/mol. The van der Waals surface area contributed by atoms with E-state index in [2.05, 4.69) is 0 Å². The fourth-order valence-corrected chi connectivity index (χ4v) is 6.55. The van der Waals surface area contributed by atoms with Gasteiger partial charge < -0.3 is 4.74 Å². The summed E-state index contributed by atoms with van der Waals surface area (Å²) in [6.45, 7) is 1.41. The molecule has 120 valence electrons. The van der Waals surface area contributed by atoms with Crippen molar-refractivity contribution in [1.82, 2.24) is 0 Å². The Hall–Kier alpha value is -0.710. The predicted octanol–water partition coefficient (Wildman–Crippen LogP) is -0.583. The van der Waals surface area contributed by atoms with Crippen LogP contribution in [0, 0.1) is 23.7 Å². The van der Waals surface area contributed by atoms with E-state index in [-0.39, 0.29) is 23.9 Å². The largest absolute Gasteiger partial charge is 0.464 e. The molecule has 2 bridgehead atoms. The minimum atomic E-state index is -4.22. The van der Waals surface area contributed by atoms with Crippen LogP contribution in [0.25, 0.3) is 0 Å². The zero-order valence-corrected chi connectivity index (χ0v) is 12.8. The molecule has 3 rings (SSSR count). The second-order valence-corrected chi connectivity index (χ2v) is 9.20. The minimum Gasteiger partial charge on any atom is -0.464 e. The Morgan fingerprint density at radius 1 is 1.43 bits per heavy atom. The molecule has 0 amide bonds. The molecule has 2 aliphatic carbocycles. The minimum absolute atomic E-state index is 0.0522. The molecule has 0 aromatic carbocycles. The summed E-state index contributed by atoms with van der Waals surface area (Å²) in [6, 6.07) is 0. The lowest BCUT2D eigenvalue weighted by Gasteiger charge is -2.22. The van der Waals surface area contributed by atoms with Gasteiger partial charge in [-0.25, -0.2) is 0 Å². The maximum absolute atomic E-state index is 12.1. The Labute approximate surface area is 122 Å². The SMILES string of the molecule is C[C@H]1C2CC3OS(=O)(=O)C(C2C(=O)OCCS(=O)(=O)O)C31. The van der Waals surface area contributed by atoms with Crippen LogP contribution in [-0.4, -0.2) is 51.1 Å². The molecule has 3 aliphatic rings. The van der Waals surface area contributed by atoms with Gasteiger partial charge >= 0.3 is 5.97 Å². The lowest BCUT2D eigenvalue weighted by Crippen LogP contribution is -2.38. The number of rotatable bonds is 4. The van der Waals surface area contributed by atoms with E-state index in [1.807, 2.05) is 6.92 Å². The highest BCUT2D eigenvalue weighted by Crippen LogP contribution is 2.60. The van der Waals surface area contributed by atoms with Crippen LogP contribution < -0.4 is 0 Å². The molecule has 21 heavy (non-hydrogen) atoms. The second-order valence-electron chi connectivity index (χ2n) is 5.91. The summed E-state index contributed by atoms with van der Waals surface area (Å²) in [7, 11) is -8.00. The highest BCUT2D eigenvalue weighted by Gasteiger charge is 2.69. The van der Waals surface area contributed by atoms with Crippen molar-refractivity contribution in [3.63, 3.8) is 0 Å². The smallest absolute Gasteiger partial charge is 0.310 e. The van der Waals surface area contributed by atoms with Crippen molar-refractivity contribution in [3.05, 3.63) is 0 Å². The Bertz CT molecular complexity index is 666. The van der Waals surface area contributed by atoms with E-state index in [0.29, 0.717) is 6.42 Å². The van der Waals surface area contributed by atoms with Gasteiger partial charge in [0.2, 0.25) is 0 Å². The van der Waals surface area contributed by atoms with Crippen molar-refractivity contribution >= 4 is 26.2 Å². The van der Waals surface area contributed by atoms with Gasteiger partial charge in [-0.05, 0) is 18.3 Å². The molecule has 5 unspecified atom stereocenters. The quantitative estimate of drug-likeness (QED) is 0.409. The van der Waals surface area contributed by atoms with E-state index in [0.717, 1.165) is 0 Å². The van der Waals surface area contributed by atoms with Crippen molar-refractivity contribution in [2.45, 2.75) is 24.7 Å². The standard InChI is InChI=1S/C11H16O8S2/c1-5-6-4-7-8(5)10(21(16,17)19-7)9(6)11(12)18-2-3-20(13,14)15/h5-10H,2-4H2,1H3,(H,13,14,15)/t5-,6?,7?,8?,9?,10?/m0/s1. The normalized spacial score (nSPS) is 43.1. The van der Waals surface area contributed by atoms with Crippen LogP contribution in [0.15, 0.2) is 0 Å². The lowest BCUT2D eigenvalue weighted by atomic mass is 9.86. The number of carbonyl (C=O) groups excluding carboxylic acids is 1. The topological polar surface area (TPSA) is 124 Å². The van der Waals surface area contributed by atoms with Crippen molar-refractivity contribution in [1.29, 1.82) is 0 Å². The first-order valence-electron chi connectivity index (χ1n) is 6.66. The molecule has 1 aliphatic heterocycles. The van der Waals surface area contributed by atoms with Crippen molar-refractivity contribution in [2.75, 3.05) is 12.4 Å². The number of ether oxygens (including phenoxy) is 1. The molecular weight excluding hydrogens is 324 g/mol. The summed E-state index contributed by atoms with van der Waals surface area (Å²) in [5.74, 6) is -2.51. The molecule has 0 spiro atoms. The van der Waals surface area contributed by atoms with E-state index in [9.17, 15) is 21.6 Å². The summed E-state index contributed by atoms with van der Waals surface area (Å²) >= 11 is 0. The molecule has 0 aromatic rings. The van der Waals surface area contributed by atoms with Gasteiger partial charge in [0.1, 0.15) is 17.6 Å². The molecule has 6 atom stereocenters. The van der Waals surface area contributed by atoms with Crippen LogP contribution in [0.4, 0.5) is 0 Å². The highest BCUT2D eigenvalue weighted by atomic mass is 32.2. The summed E-state index contributed by atoms with van der Waals surface area (Å²) < 4.78 is 63.7. The third-order valence-electron chi connectivity index (χ3n) is 4.86. The van der Waals surface area contributed by atoms with Crippen LogP contribution in [0.1, 0.15) is 13.3 Å². The van der Waals surface area contributed by atoms with Gasteiger partial charge in [-0.3, -0.25) is 13.5 Å². The van der Waals surface area contributed by atoms with Gasteiger partial charge in [0.15, 0.2) is 0 Å². The highest BCUT2D eigenvalue weighted by molar-refractivity contribution is 7.87. The number of hydrogen-bond acceptors (Lipinski definition) is 7. The van der Waals surface area contributed by atoms with Gasteiger partial charge in [0.25, 0.3) is 20.2 Å². The number of carbonyl (C=O) groups is 1. The molecule has 0 radical (unpaired) electrons. The fourth-order valence-electron chi connectivity index (χ4n) is 4.10. The van der Waals surface area contributed by atoms with Crippen LogP contribution in [-0.2, 0) is 34.0 Å². The predicted molar refractivity (Wildman–Crippen MR) is 69.2 cm³/mol. The van der Waals surface area contributed by atoms with Gasteiger partial charge in [-0.2, -0.15) is 16.8 Å². The number of esters is 1. The first kappa shape index (κ1) is 15.2. The molecular formula is C11H16O8S2. The van der Waals surface area contributed by atoms with E-state index in [1.165, 1.54) is 0 Å². The van der Waals surface area contributed by atoms with Crippen LogP contribution in [0.5, 0.6) is 0 Å². The fraction of sp³-hybridized carbons (Fsp3) is 0.909. The summed E-state index contributed by atoms with van der Waals surface area (Å²) in [4.78, 5) is 12.1. The van der Waals surface area contributed by atoms with E-state index in [1.54, 1.807) is 0 Å². The lowest BCUT2D eigenvalue weighted by molar-refractivity contribution is -0.149. The Kier molecular flexibility index (Phi) is 3.36. The molecule has 1 heterocycles. The first-order chi connectivity index (χ1) is 9.62. The maximum atomic E-state index is 12.1. The van der Waals surface area contributed by atoms with E-state index < -0.39 is 49.7 Å². The monoisotopic (exact) mass is 340 g/mol. The Morgan fingerprint density at radius 2 is 2.10 bits per heavy atom. The third-order valence-corrected chi connectivity index (χ3v) is 7.33. The van der Waals surface area contributed by atoms with Crippen molar-refractivity contribution in [2.24, 2.45) is 23.7 Å². The van der Waals surface area contributed by atoms with Gasteiger partial charge in [-0.15, -0.1) is 0 Å². The van der Waals surface area contributed by atoms with E-state index in [4.69, 9.17) is 13.5 Å². The Morgan fingerprint density at radius 3 is 2.71 bits per heavy atom. The van der Waals surface area contributed by atoms with Gasteiger partial charge in [0, 0.05) is 5.92 Å². The first-order valence-corrected chi connectivity index (χ1v) is 9.74. The molecule has 3 fully saturated rings. The van der Waals surface area contributed by atoms with Crippen molar-refractivity contribution < 1.29 is 35.1 Å². The average Bonchev–Trinajstić information content (AvgIpc) is 2.83. The second kappa shape index (κ2) is 4.64. The van der Waals surface area contributed by atoms with Crippen molar-refractivity contribution in [3.8, 4) is 0 Å². The van der Waals surface area contributed by atoms with Gasteiger partial charge in [0.05, 0.1) is 12.0 Å². The zero-order chi connectivity index (χ0) is 15.6. The van der Waals surface area contributed by atoms with Crippen LogP contribution in [0.3, 0.4) is 0 Å². The summed E-state index contributed by atoms with van der Waals surface area (Å²) in [5.41, 5.74) is 0. The maximum Gasteiger partial charge on any atom is 0.310 e. The van der Waals surface area contributed by atoms with Gasteiger partial charge in [-0.1, -0.05) is 6.92 Å². The molecule has 8 nitrogen and oxygen atoms in total. The van der Waals surface area contributed by atoms with Crippen LogP contribution >= 0.6 is 0 Å².